The molecule has 0 aromatic rings. The Morgan fingerprint density at radius 3 is 2.00 bits per heavy atom. The molecule has 4 nitrogen and oxygen atoms in total. The summed E-state index contributed by atoms with van der Waals surface area (Å²) in [7, 11) is 0. The molecular weight excluding hydrogens is 296 g/mol. The van der Waals surface area contributed by atoms with Crippen molar-refractivity contribution in [3.05, 3.63) is 0 Å². The van der Waals surface area contributed by atoms with Crippen molar-refractivity contribution in [1.82, 2.24) is 4.90 Å². The standard InChI is InChI=1S/C10H11F6NO3/c11-9(12,13)6(10(14,15)16)7(18)17-3-1-2-5(4-17)8(19)20/h5-6H,1-4H2,(H,19,20)/t5-/m1/s1. The number of carboxylic acid groups (broad SMARTS) is 1. The Bertz CT molecular complexity index is 377. The number of amides is 1. The van der Waals surface area contributed by atoms with Gasteiger partial charge in [0.25, 0.3) is 0 Å². The number of carboxylic acids is 1. The molecule has 0 saturated carbocycles. The molecular formula is C10H11F6NO3. The maximum absolute atomic E-state index is 12.4. The second kappa shape index (κ2) is 5.49. The summed E-state index contributed by atoms with van der Waals surface area (Å²) < 4.78 is 74.4. The summed E-state index contributed by atoms with van der Waals surface area (Å²) in [5, 5.41) is 8.71. The van der Waals surface area contributed by atoms with Gasteiger partial charge in [-0.25, -0.2) is 0 Å². The zero-order chi connectivity index (χ0) is 15.7. The molecule has 10 heteroatoms. The van der Waals surface area contributed by atoms with Crippen LogP contribution >= 0.6 is 0 Å². The molecule has 0 spiro atoms. The van der Waals surface area contributed by atoms with Gasteiger partial charge < -0.3 is 10.0 Å². The van der Waals surface area contributed by atoms with Gasteiger partial charge in [0.1, 0.15) is 0 Å². The smallest absolute Gasteiger partial charge is 0.409 e. The van der Waals surface area contributed by atoms with Gasteiger partial charge >= 0.3 is 18.3 Å². The number of aliphatic carboxylic acids is 1. The van der Waals surface area contributed by atoms with E-state index in [2.05, 4.69) is 0 Å². The van der Waals surface area contributed by atoms with Crippen LogP contribution in [0.2, 0.25) is 0 Å². The Morgan fingerprint density at radius 2 is 1.60 bits per heavy atom. The normalized spacial score (nSPS) is 21.1. The van der Waals surface area contributed by atoms with E-state index < -0.39 is 42.6 Å². The summed E-state index contributed by atoms with van der Waals surface area (Å²) in [5.41, 5.74) is 0. The Morgan fingerprint density at radius 1 is 1.10 bits per heavy atom. The van der Waals surface area contributed by atoms with E-state index in [-0.39, 0.29) is 19.4 Å². The van der Waals surface area contributed by atoms with Crippen LogP contribution in [0, 0.1) is 11.8 Å². The molecule has 0 bridgehead atoms. The third-order valence-electron chi connectivity index (χ3n) is 2.98. The lowest BCUT2D eigenvalue weighted by Gasteiger charge is -2.34. The predicted octanol–water partition coefficient (Wildman–Crippen LogP) is 2.05. The molecule has 1 amide bonds. The highest BCUT2D eigenvalue weighted by molar-refractivity contribution is 5.81. The first-order valence-corrected chi connectivity index (χ1v) is 5.59. The highest BCUT2D eigenvalue weighted by Gasteiger charge is 2.62. The zero-order valence-electron chi connectivity index (χ0n) is 9.96. The minimum absolute atomic E-state index is 0.0468. The molecule has 116 valence electrons. The monoisotopic (exact) mass is 307 g/mol. The van der Waals surface area contributed by atoms with Crippen LogP contribution in [0.3, 0.4) is 0 Å². The first kappa shape index (κ1) is 16.6. The molecule has 1 aliphatic rings. The highest BCUT2D eigenvalue weighted by Crippen LogP contribution is 2.40. The molecule has 1 N–H and O–H groups in total. The fraction of sp³-hybridized carbons (Fsp3) is 0.800. The molecule has 1 fully saturated rings. The summed E-state index contributed by atoms with van der Waals surface area (Å²) in [6, 6.07) is 0. The van der Waals surface area contributed by atoms with Crippen molar-refractivity contribution in [3.8, 4) is 0 Å². The summed E-state index contributed by atoms with van der Waals surface area (Å²) in [6.07, 6.45) is -11.4. The maximum atomic E-state index is 12.4. The second-order valence-corrected chi connectivity index (χ2v) is 4.48. The van der Waals surface area contributed by atoms with Crippen LogP contribution in [-0.4, -0.2) is 47.3 Å². The molecule has 0 aromatic carbocycles. The summed E-state index contributed by atoms with van der Waals surface area (Å²) in [5.74, 6) is -8.74. The molecule has 1 aliphatic heterocycles. The number of likely N-dealkylation sites (tertiary alicyclic amines) is 1. The van der Waals surface area contributed by atoms with E-state index in [1.807, 2.05) is 0 Å². The number of alkyl halides is 6. The summed E-state index contributed by atoms with van der Waals surface area (Å²) in [6.45, 7) is -0.956. The third-order valence-corrected chi connectivity index (χ3v) is 2.98. The molecule has 20 heavy (non-hydrogen) atoms. The van der Waals surface area contributed by atoms with Crippen LogP contribution in [0.25, 0.3) is 0 Å². The van der Waals surface area contributed by atoms with E-state index in [4.69, 9.17) is 5.11 Å². The number of nitrogens with zero attached hydrogens (tertiary/aromatic N) is 1. The average molecular weight is 307 g/mol. The van der Waals surface area contributed by atoms with Gasteiger partial charge in [0.2, 0.25) is 11.8 Å². The van der Waals surface area contributed by atoms with Crippen LogP contribution in [0.15, 0.2) is 0 Å². The molecule has 0 aromatic heterocycles. The van der Waals surface area contributed by atoms with Crippen LogP contribution in [0.5, 0.6) is 0 Å². The van der Waals surface area contributed by atoms with Gasteiger partial charge in [0, 0.05) is 13.1 Å². The Labute approximate surface area is 109 Å². The van der Waals surface area contributed by atoms with Crippen molar-refractivity contribution < 1.29 is 41.0 Å². The van der Waals surface area contributed by atoms with Gasteiger partial charge in [-0.05, 0) is 12.8 Å². The molecule has 1 atom stereocenters. The maximum Gasteiger partial charge on any atom is 0.409 e. The number of halogens is 6. The first-order valence-electron chi connectivity index (χ1n) is 5.59. The topological polar surface area (TPSA) is 57.6 Å². The van der Waals surface area contributed by atoms with E-state index in [1.54, 1.807) is 0 Å². The number of hydrogen-bond acceptors (Lipinski definition) is 2. The molecule has 0 aliphatic carbocycles. The highest BCUT2D eigenvalue weighted by atomic mass is 19.4. The van der Waals surface area contributed by atoms with Crippen molar-refractivity contribution in [2.45, 2.75) is 25.2 Å². The molecule has 0 radical (unpaired) electrons. The van der Waals surface area contributed by atoms with Crippen molar-refractivity contribution in [3.63, 3.8) is 0 Å². The van der Waals surface area contributed by atoms with Crippen molar-refractivity contribution in [2.75, 3.05) is 13.1 Å². The van der Waals surface area contributed by atoms with Crippen molar-refractivity contribution >= 4 is 11.9 Å². The van der Waals surface area contributed by atoms with E-state index >= 15 is 0 Å². The fourth-order valence-electron chi connectivity index (χ4n) is 2.03. The van der Waals surface area contributed by atoms with Gasteiger partial charge in [-0.15, -0.1) is 0 Å². The third kappa shape index (κ3) is 3.76. The fourth-order valence-corrected chi connectivity index (χ4v) is 2.03. The van der Waals surface area contributed by atoms with Crippen molar-refractivity contribution in [2.24, 2.45) is 11.8 Å². The van der Waals surface area contributed by atoms with E-state index in [0.29, 0.717) is 4.90 Å². The van der Waals surface area contributed by atoms with Gasteiger partial charge in [-0.2, -0.15) is 26.3 Å². The van der Waals surface area contributed by atoms with E-state index in [0.717, 1.165) is 0 Å². The molecule has 1 rings (SSSR count). The molecule has 0 unspecified atom stereocenters. The SMILES string of the molecule is O=C(O)[C@@H]1CCCN(C(=O)C(C(F)(F)F)C(F)(F)F)C1. The molecule has 1 saturated heterocycles. The number of hydrogen-bond donors (Lipinski definition) is 1. The van der Waals surface area contributed by atoms with E-state index in [9.17, 15) is 35.9 Å². The summed E-state index contributed by atoms with van der Waals surface area (Å²) >= 11 is 0. The average Bonchev–Trinajstić information content (AvgIpc) is 2.25. The van der Waals surface area contributed by atoms with Gasteiger partial charge in [-0.1, -0.05) is 0 Å². The second-order valence-electron chi connectivity index (χ2n) is 4.48. The van der Waals surface area contributed by atoms with Gasteiger partial charge in [0.05, 0.1) is 5.92 Å². The lowest BCUT2D eigenvalue weighted by atomic mass is 9.96. The molecule has 1 heterocycles. The Balaban J connectivity index is 2.93. The predicted molar refractivity (Wildman–Crippen MR) is 52.5 cm³/mol. The van der Waals surface area contributed by atoms with Gasteiger partial charge in [-0.3, -0.25) is 9.59 Å². The van der Waals surface area contributed by atoms with Crippen LogP contribution in [0.4, 0.5) is 26.3 Å². The quantitative estimate of drug-likeness (QED) is 0.794. The minimum Gasteiger partial charge on any atom is -0.481 e. The van der Waals surface area contributed by atoms with Crippen LogP contribution in [-0.2, 0) is 9.59 Å². The Hall–Kier alpha value is -1.48. The lowest BCUT2D eigenvalue weighted by molar-refractivity contribution is -0.277. The zero-order valence-corrected chi connectivity index (χ0v) is 9.96. The largest absolute Gasteiger partial charge is 0.481 e. The first-order chi connectivity index (χ1) is 8.94. The van der Waals surface area contributed by atoms with Crippen molar-refractivity contribution in [1.29, 1.82) is 0 Å². The minimum atomic E-state index is -5.76. The number of piperidine rings is 1. The number of rotatable bonds is 2. The summed E-state index contributed by atoms with van der Waals surface area (Å²) in [4.78, 5) is 22.5. The van der Waals surface area contributed by atoms with E-state index in [1.165, 1.54) is 0 Å². The number of carbonyl (C=O) groups excluding carboxylic acids is 1. The van der Waals surface area contributed by atoms with Crippen LogP contribution in [0.1, 0.15) is 12.8 Å². The lowest BCUT2D eigenvalue weighted by Crippen LogP contribution is -2.52. The van der Waals surface area contributed by atoms with Crippen LogP contribution < -0.4 is 0 Å². The van der Waals surface area contributed by atoms with Gasteiger partial charge in [0.15, 0.2) is 0 Å². The number of carbonyl (C=O) groups is 2. The Kier molecular flexibility index (Phi) is 4.55.